The summed E-state index contributed by atoms with van der Waals surface area (Å²) in [5, 5.41) is 8.59. The van der Waals surface area contributed by atoms with Crippen LogP contribution < -0.4 is 0 Å². The van der Waals surface area contributed by atoms with Crippen LogP contribution in [0.25, 0.3) is 10.6 Å². The predicted octanol–water partition coefficient (Wildman–Crippen LogP) is 5.39. The first-order valence-electron chi connectivity index (χ1n) is 11.6. The van der Waals surface area contributed by atoms with Gasteiger partial charge in [-0.15, -0.1) is 12.6 Å². The van der Waals surface area contributed by atoms with E-state index in [0.29, 0.717) is 13.2 Å². The van der Waals surface area contributed by atoms with Crippen molar-refractivity contribution in [3.63, 3.8) is 0 Å². The molecule has 0 aromatic heterocycles. The fourth-order valence-corrected chi connectivity index (χ4v) is 3.42. The monoisotopic (exact) mass is 498 g/mol. The van der Waals surface area contributed by atoms with Crippen molar-refractivity contribution in [2.75, 3.05) is 40.3 Å². The minimum atomic E-state index is -0.236. The number of unbranched alkanes of at least 4 members (excludes halogenated alkanes) is 8. The van der Waals surface area contributed by atoms with Crippen molar-refractivity contribution in [2.24, 2.45) is 0 Å². The van der Waals surface area contributed by atoms with Crippen LogP contribution >= 0.6 is 0 Å². The SMILES string of the molecule is CCCCCCCCCCCOC(=O)C[N-]C/C=C\[N-]C1CCC(CN(C)C)O1.[Y]. The van der Waals surface area contributed by atoms with Gasteiger partial charge in [-0.05, 0) is 46.1 Å². The molecule has 1 radical (unpaired) electrons. The smallest absolute Gasteiger partial charge is 0.284 e. The molecule has 173 valence electrons. The third kappa shape index (κ3) is 17.7. The molecule has 0 aliphatic carbocycles. The van der Waals surface area contributed by atoms with Gasteiger partial charge in [-0.1, -0.05) is 58.3 Å². The molecule has 0 aromatic carbocycles. The number of esters is 1. The summed E-state index contributed by atoms with van der Waals surface area (Å²) in [4.78, 5) is 13.8. The Balaban J connectivity index is 0.00000841. The molecule has 1 aliphatic rings. The third-order valence-corrected chi connectivity index (χ3v) is 5.00. The number of ether oxygens (including phenoxy) is 2. The van der Waals surface area contributed by atoms with Crippen LogP contribution in [0.5, 0.6) is 0 Å². The van der Waals surface area contributed by atoms with Crippen LogP contribution in [0.15, 0.2) is 12.3 Å². The second kappa shape index (κ2) is 20.9. The first kappa shape index (κ1) is 30.0. The molecule has 6 nitrogen and oxygen atoms in total. The van der Waals surface area contributed by atoms with Crippen molar-refractivity contribution in [2.45, 2.75) is 89.9 Å². The molecule has 0 bridgehead atoms. The molecule has 1 heterocycles. The standard InChI is InChI=1S/C23H43N3O3.Y/c1-4-5-6-7-8-9-10-11-12-18-28-23(27)19-24-16-13-17-25-22-15-14-21(29-22)20-26(2)3;/h13,17,21-22H,4-12,14-16,18-20H2,1-3H3;/q-2;/b17-13-;. The van der Waals surface area contributed by atoms with Crippen LogP contribution in [0, 0.1) is 0 Å². The van der Waals surface area contributed by atoms with Gasteiger partial charge in [-0.25, -0.2) is 0 Å². The van der Waals surface area contributed by atoms with Gasteiger partial charge < -0.3 is 25.0 Å². The second-order valence-electron chi connectivity index (χ2n) is 8.20. The molecule has 2 atom stereocenters. The number of carbonyl (C=O) groups is 1. The van der Waals surface area contributed by atoms with E-state index in [0.717, 1.165) is 32.2 Å². The Bertz CT molecular complexity index is 436. The summed E-state index contributed by atoms with van der Waals surface area (Å²) >= 11 is 0. The minimum Gasteiger partial charge on any atom is -0.666 e. The number of hydrogen-bond acceptors (Lipinski definition) is 4. The molecule has 1 fully saturated rings. The second-order valence-corrected chi connectivity index (χ2v) is 8.20. The Labute approximate surface area is 210 Å². The summed E-state index contributed by atoms with van der Waals surface area (Å²) in [5.41, 5.74) is 0. The van der Waals surface area contributed by atoms with Gasteiger partial charge >= 0.3 is 0 Å². The fourth-order valence-electron chi connectivity index (χ4n) is 3.42. The summed E-state index contributed by atoms with van der Waals surface area (Å²) in [5.74, 6) is -0.236. The summed E-state index contributed by atoms with van der Waals surface area (Å²) in [6.07, 6.45) is 17.2. The maximum atomic E-state index is 11.7. The van der Waals surface area contributed by atoms with Crippen LogP contribution in [-0.2, 0) is 47.0 Å². The van der Waals surface area contributed by atoms with Gasteiger partial charge in [0.05, 0.1) is 12.7 Å². The third-order valence-electron chi connectivity index (χ3n) is 5.00. The van der Waals surface area contributed by atoms with E-state index in [9.17, 15) is 4.79 Å². The fraction of sp³-hybridized carbons (Fsp3) is 0.870. The van der Waals surface area contributed by atoms with Crippen LogP contribution in [0.4, 0.5) is 0 Å². The Hall–Kier alpha value is -0.00610. The normalized spacial score (nSPS) is 18.7. The van der Waals surface area contributed by atoms with Gasteiger partial charge in [0.15, 0.2) is 0 Å². The van der Waals surface area contributed by atoms with E-state index in [1.165, 1.54) is 44.9 Å². The Morgan fingerprint density at radius 2 is 1.73 bits per heavy atom. The molecule has 1 rings (SSSR count). The van der Waals surface area contributed by atoms with Crippen LogP contribution in [-0.4, -0.2) is 63.5 Å². The summed E-state index contributed by atoms with van der Waals surface area (Å²) < 4.78 is 11.1. The van der Waals surface area contributed by atoms with E-state index < -0.39 is 0 Å². The predicted molar refractivity (Wildman–Crippen MR) is 120 cm³/mol. The number of likely N-dealkylation sites (N-methyl/N-ethyl adjacent to an activating group) is 1. The largest absolute Gasteiger partial charge is 0.666 e. The molecule has 1 saturated heterocycles. The first-order chi connectivity index (χ1) is 14.1. The Morgan fingerprint density at radius 1 is 1.07 bits per heavy atom. The van der Waals surface area contributed by atoms with Crippen LogP contribution in [0.2, 0.25) is 0 Å². The van der Waals surface area contributed by atoms with E-state index in [-0.39, 0.29) is 57.6 Å². The van der Waals surface area contributed by atoms with Gasteiger partial charge in [-0.3, -0.25) is 4.79 Å². The number of rotatable bonds is 18. The molecule has 2 unspecified atom stereocenters. The first-order valence-corrected chi connectivity index (χ1v) is 11.6. The zero-order valence-corrected chi connectivity index (χ0v) is 22.4. The van der Waals surface area contributed by atoms with Gasteiger partial charge in [-0.2, -0.15) is 6.20 Å². The average Bonchev–Trinajstić information content (AvgIpc) is 3.12. The van der Waals surface area contributed by atoms with E-state index in [1.54, 1.807) is 6.20 Å². The zero-order chi connectivity index (χ0) is 21.2. The topological polar surface area (TPSA) is 67.0 Å². The van der Waals surface area contributed by atoms with Crippen LogP contribution in [0.1, 0.15) is 77.6 Å². The molecule has 0 saturated carbocycles. The van der Waals surface area contributed by atoms with Crippen molar-refractivity contribution < 1.29 is 47.0 Å². The summed E-state index contributed by atoms with van der Waals surface area (Å²) in [7, 11) is 4.10. The summed E-state index contributed by atoms with van der Waals surface area (Å²) in [6, 6.07) is 0. The van der Waals surface area contributed by atoms with Crippen molar-refractivity contribution in [3.8, 4) is 0 Å². The van der Waals surface area contributed by atoms with Crippen molar-refractivity contribution >= 4 is 5.97 Å². The molecule has 0 spiro atoms. The van der Waals surface area contributed by atoms with E-state index in [4.69, 9.17) is 9.47 Å². The van der Waals surface area contributed by atoms with E-state index >= 15 is 0 Å². The number of nitrogens with zero attached hydrogens (tertiary/aromatic N) is 3. The number of hydrogen-bond donors (Lipinski definition) is 0. The van der Waals surface area contributed by atoms with Crippen molar-refractivity contribution in [3.05, 3.63) is 22.9 Å². The molecule has 0 aromatic rings. The van der Waals surface area contributed by atoms with Gasteiger partial charge in [0.25, 0.3) is 5.97 Å². The Morgan fingerprint density at radius 3 is 2.40 bits per heavy atom. The molecule has 1 aliphatic heterocycles. The van der Waals surface area contributed by atoms with Gasteiger partial charge in [0, 0.05) is 39.3 Å². The zero-order valence-electron chi connectivity index (χ0n) is 19.6. The molecular formula is C23H43N3O3Y-2. The summed E-state index contributed by atoms with van der Waals surface area (Å²) in [6.45, 7) is 4.29. The minimum absolute atomic E-state index is 0. The van der Waals surface area contributed by atoms with Crippen LogP contribution in [0.3, 0.4) is 0 Å². The number of carbonyl (C=O) groups excluding carboxylic acids is 1. The van der Waals surface area contributed by atoms with Crippen molar-refractivity contribution in [1.29, 1.82) is 0 Å². The molecule has 7 heteroatoms. The quantitative estimate of drug-likeness (QED) is 0.188. The van der Waals surface area contributed by atoms with E-state index in [2.05, 4.69) is 36.6 Å². The molecule has 30 heavy (non-hydrogen) atoms. The van der Waals surface area contributed by atoms with Gasteiger partial charge in [0.1, 0.15) is 0 Å². The van der Waals surface area contributed by atoms with Gasteiger partial charge in [0.2, 0.25) is 0 Å². The molecule has 0 N–H and O–H groups in total. The maximum absolute atomic E-state index is 11.7. The van der Waals surface area contributed by atoms with Crippen molar-refractivity contribution in [1.82, 2.24) is 4.90 Å². The maximum Gasteiger partial charge on any atom is 0.284 e. The molecule has 0 amide bonds. The Kier molecular flexibility index (Phi) is 20.9. The van der Waals surface area contributed by atoms with E-state index in [1.807, 2.05) is 6.08 Å². The molecular weight excluding hydrogens is 455 g/mol. The average molecular weight is 499 g/mol.